The van der Waals surface area contributed by atoms with Crippen LogP contribution in [0.25, 0.3) is 16.8 Å². The minimum absolute atomic E-state index is 0.115. The molecule has 1 aliphatic rings. The monoisotopic (exact) mass is 310 g/mol. The van der Waals surface area contributed by atoms with Gasteiger partial charge in [0.25, 0.3) is 0 Å². The second-order valence-electron chi connectivity index (χ2n) is 5.35. The molecule has 0 radical (unpaired) electrons. The first kappa shape index (κ1) is 15.0. The molecule has 0 saturated heterocycles. The minimum Gasteiger partial charge on any atom is -0.477 e. The standard InChI is InChI=1S/C17H18N4O2/c1-2-6-21-11-14(8-19-21)12-4-3-5-13(7-12)15-9-18-10-16(20-15)17(22)23/h3-5,7-9,11,18H,2,6,10H2,1H3,(H,22,23). The predicted octanol–water partition coefficient (Wildman–Crippen LogP) is 2.39. The van der Waals surface area contributed by atoms with Gasteiger partial charge in [0.1, 0.15) is 5.71 Å². The van der Waals surface area contributed by atoms with Gasteiger partial charge in [0.15, 0.2) is 0 Å². The summed E-state index contributed by atoms with van der Waals surface area (Å²) < 4.78 is 1.92. The number of carboxylic acids is 1. The van der Waals surface area contributed by atoms with Gasteiger partial charge in [-0.1, -0.05) is 25.1 Å². The number of aryl methyl sites for hydroxylation is 1. The van der Waals surface area contributed by atoms with Crippen LogP contribution in [-0.4, -0.2) is 33.1 Å². The zero-order chi connectivity index (χ0) is 16.2. The van der Waals surface area contributed by atoms with E-state index >= 15 is 0 Å². The molecule has 0 saturated carbocycles. The molecule has 1 aromatic carbocycles. The second kappa shape index (κ2) is 6.48. The van der Waals surface area contributed by atoms with E-state index in [0.29, 0.717) is 5.70 Å². The number of carboxylic acid groups (broad SMARTS) is 1. The van der Waals surface area contributed by atoms with Crippen molar-refractivity contribution in [3.8, 4) is 11.1 Å². The first-order valence-electron chi connectivity index (χ1n) is 7.55. The third kappa shape index (κ3) is 3.31. The fourth-order valence-corrected chi connectivity index (χ4v) is 2.46. The van der Waals surface area contributed by atoms with Gasteiger partial charge in [0.05, 0.1) is 18.4 Å². The fourth-order valence-electron chi connectivity index (χ4n) is 2.46. The van der Waals surface area contributed by atoms with Crippen LogP contribution in [0.1, 0.15) is 18.9 Å². The van der Waals surface area contributed by atoms with Crippen LogP contribution in [0.5, 0.6) is 0 Å². The quantitative estimate of drug-likeness (QED) is 0.888. The molecule has 2 heterocycles. The van der Waals surface area contributed by atoms with Gasteiger partial charge in [-0.2, -0.15) is 5.10 Å². The number of nitrogens with one attached hydrogen (secondary N) is 1. The lowest BCUT2D eigenvalue weighted by atomic mass is 10.0. The summed E-state index contributed by atoms with van der Waals surface area (Å²) >= 11 is 0. The van der Waals surface area contributed by atoms with E-state index in [1.807, 2.05) is 41.3 Å². The minimum atomic E-state index is -1.000. The first-order valence-corrected chi connectivity index (χ1v) is 7.55. The maximum atomic E-state index is 11.1. The van der Waals surface area contributed by atoms with Crippen LogP contribution in [0.4, 0.5) is 0 Å². The molecule has 2 N–H and O–H groups in total. The topological polar surface area (TPSA) is 79.5 Å². The molecule has 0 bridgehead atoms. The number of rotatable bonds is 5. The Kier molecular flexibility index (Phi) is 4.23. The molecule has 0 atom stereocenters. The average molecular weight is 310 g/mol. The highest BCUT2D eigenvalue weighted by Gasteiger charge is 2.15. The van der Waals surface area contributed by atoms with Gasteiger partial charge in [0, 0.05) is 30.1 Å². The van der Waals surface area contributed by atoms with Crippen molar-refractivity contribution in [3.63, 3.8) is 0 Å². The van der Waals surface area contributed by atoms with Crippen molar-refractivity contribution < 1.29 is 9.90 Å². The van der Waals surface area contributed by atoms with Crippen LogP contribution >= 0.6 is 0 Å². The summed E-state index contributed by atoms with van der Waals surface area (Å²) in [5, 5.41) is 16.4. The average Bonchev–Trinajstić information content (AvgIpc) is 3.04. The summed E-state index contributed by atoms with van der Waals surface area (Å²) in [7, 11) is 0. The Hall–Kier alpha value is -2.89. The van der Waals surface area contributed by atoms with Crippen molar-refractivity contribution in [2.24, 2.45) is 4.99 Å². The molecule has 0 spiro atoms. The zero-order valence-electron chi connectivity index (χ0n) is 12.9. The molecule has 0 aliphatic carbocycles. The highest BCUT2D eigenvalue weighted by atomic mass is 16.4. The van der Waals surface area contributed by atoms with Gasteiger partial charge in [-0.25, -0.2) is 9.79 Å². The molecule has 23 heavy (non-hydrogen) atoms. The molecule has 6 heteroatoms. The largest absolute Gasteiger partial charge is 0.477 e. The predicted molar refractivity (Wildman–Crippen MR) is 89.0 cm³/mol. The van der Waals surface area contributed by atoms with Gasteiger partial charge in [-0.05, 0) is 18.1 Å². The summed E-state index contributed by atoms with van der Waals surface area (Å²) in [5.74, 6) is -1.000. The van der Waals surface area contributed by atoms with E-state index in [9.17, 15) is 4.79 Å². The maximum absolute atomic E-state index is 11.1. The van der Waals surface area contributed by atoms with Crippen LogP contribution < -0.4 is 5.32 Å². The summed E-state index contributed by atoms with van der Waals surface area (Å²) in [6.07, 6.45) is 6.63. The summed E-state index contributed by atoms with van der Waals surface area (Å²) in [6, 6.07) is 7.86. The Bertz CT molecular complexity index is 789. The molecule has 118 valence electrons. The van der Waals surface area contributed by atoms with Gasteiger partial charge in [0.2, 0.25) is 0 Å². The normalized spacial score (nSPS) is 14.0. The highest BCUT2D eigenvalue weighted by Crippen LogP contribution is 2.25. The molecular formula is C17H18N4O2. The van der Waals surface area contributed by atoms with E-state index in [2.05, 4.69) is 22.3 Å². The van der Waals surface area contributed by atoms with E-state index < -0.39 is 5.97 Å². The molecule has 2 aromatic rings. The van der Waals surface area contributed by atoms with E-state index in [4.69, 9.17) is 5.11 Å². The Morgan fingerprint density at radius 3 is 2.96 bits per heavy atom. The molecular weight excluding hydrogens is 292 g/mol. The second-order valence-corrected chi connectivity index (χ2v) is 5.35. The van der Waals surface area contributed by atoms with Gasteiger partial charge in [-0.15, -0.1) is 0 Å². The van der Waals surface area contributed by atoms with Crippen LogP contribution in [0.15, 0.2) is 47.9 Å². The summed E-state index contributed by atoms with van der Waals surface area (Å²) in [5.41, 5.74) is 3.67. The number of aliphatic carboxylic acids is 1. The van der Waals surface area contributed by atoms with E-state index in [1.54, 1.807) is 6.20 Å². The van der Waals surface area contributed by atoms with E-state index in [0.717, 1.165) is 29.7 Å². The van der Waals surface area contributed by atoms with Crippen molar-refractivity contribution >= 4 is 17.4 Å². The number of hydrogen-bond donors (Lipinski definition) is 2. The molecule has 1 aliphatic heterocycles. The number of carbonyl (C=O) groups is 1. The maximum Gasteiger partial charge on any atom is 0.352 e. The van der Waals surface area contributed by atoms with Gasteiger partial charge in [-0.3, -0.25) is 4.68 Å². The molecule has 0 unspecified atom stereocenters. The molecule has 1 aromatic heterocycles. The Morgan fingerprint density at radius 1 is 1.35 bits per heavy atom. The lowest BCUT2D eigenvalue weighted by molar-refractivity contribution is -0.129. The van der Waals surface area contributed by atoms with Crippen LogP contribution in [0.2, 0.25) is 0 Å². The van der Waals surface area contributed by atoms with Crippen molar-refractivity contribution in [1.82, 2.24) is 15.1 Å². The molecule has 6 nitrogen and oxygen atoms in total. The summed E-state index contributed by atoms with van der Waals surface area (Å²) in [6.45, 7) is 3.24. The number of nitrogens with zero attached hydrogens (tertiary/aromatic N) is 3. The Labute approximate surface area is 134 Å². The first-order chi connectivity index (χ1) is 11.2. The lowest BCUT2D eigenvalue weighted by Gasteiger charge is -2.12. The third-order valence-corrected chi connectivity index (χ3v) is 3.59. The number of benzene rings is 1. The van der Waals surface area contributed by atoms with Crippen molar-refractivity contribution in [2.75, 3.05) is 6.54 Å². The molecule has 0 fully saturated rings. The Morgan fingerprint density at radius 2 is 2.17 bits per heavy atom. The van der Waals surface area contributed by atoms with E-state index in [1.165, 1.54) is 0 Å². The number of aromatic nitrogens is 2. The summed E-state index contributed by atoms with van der Waals surface area (Å²) in [4.78, 5) is 15.3. The van der Waals surface area contributed by atoms with E-state index in [-0.39, 0.29) is 12.3 Å². The van der Waals surface area contributed by atoms with Crippen molar-refractivity contribution in [3.05, 3.63) is 48.4 Å². The Balaban J connectivity index is 1.90. The number of aliphatic imine (C=N–C) groups is 1. The van der Waals surface area contributed by atoms with Crippen LogP contribution in [-0.2, 0) is 11.3 Å². The lowest BCUT2D eigenvalue weighted by Crippen LogP contribution is -2.28. The molecule has 3 rings (SSSR count). The zero-order valence-corrected chi connectivity index (χ0v) is 12.9. The highest BCUT2D eigenvalue weighted by molar-refractivity contribution is 6.37. The van der Waals surface area contributed by atoms with Crippen LogP contribution in [0.3, 0.4) is 0 Å². The fraction of sp³-hybridized carbons (Fsp3) is 0.235. The van der Waals surface area contributed by atoms with Gasteiger partial charge >= 0.3 is 5.97 Å². The third-order valence-electron chi connectivity index (χ3n) is 3.59. The van der Waals surface area contributed by atoms with Gasteiger partial charge < -0.3 is 10.4 Å². The smallest absolute Gasteiger partial charge is 0.352 e. The molecule has 0 amide bonds. The SMILES string of the molecule is CCCn1cc(-c2cccc(C3=CNCC(C(=O)O)=N3)c2)cn1. The van der Waals surface area contributed by atoms with Crippen molar-refractivity contribution in [1.29, 1.82) is 0 Å². The van der Waals surface area contributed by atoms with Crippen LogP contribution in [0, 0.1) is 0 Å². The number of hydrogen-bond acceptors (Lipinski definition) is 4. The van der Waals surface area contributed by atoms with Crippen molar-refractivity contribution in [2.45, 2.75) is 19.9 Å².